The van der Waals surface area contributed by atoms with Gasteiger partial charge in [0.25, 0.3) is 15.9 Å². The van der Waals surface area contributed by atoms with Crippen molar-refractivity contribution < 1.29 is 13.2 Å². The molecule has 0 saturated carbocycles. The van der Waals surface area contributed by atoms with E-state index in [1.54, 1.807) is 55.5 Å². The summed E-state index contributed by atoms with van der Waals surface area (Å²) in [4.78, 5) is 14.7. The molecule has 3 rings (SSSR count). The van der Waals surface area contributed by atoms with Gasteiger partial charge in [-0.25, -0.2) is 0 Å². The van der Waals surface area contributed by atoms with Crippen LogP contribution in [0.1, 0.15) is 22.8 Å². The average Bonchev–Trinajstić information content (AvgIpc) is 2.73. The number of rotatable bonds is 6. The molecule has 3 aromatic carbocycles. The molecule has 0 radical (unpaired) electrons. The molecule has 3 aromatic rings. The fourth-order valence-corrected chi connectivity index (χ4v) is 4.14. The molecule has 0 aliphatic heterocycles. The van der Waals surface area contributed by atoms with Crippen molar-refractivity contribution in [3.05, 3.63) is 92.4 Å². The zero-order valence-electron chi connectivity index (χ0n) is 16.1. The first-order valence-corrected chi connectivity index (χ1v) is 11.9. The topological polar surface area (TPSA) is 87.6 Å². The summed E-state index contributed by atoms with van der Waals surface area (Å²) in [6.07, 6.45) is 0. The highest BCUT2D eigenvalue weighted by molar-refractivity contribution is 9.10. The maximum Gasteiger partial charge on any atom is 0.276 e. The number of carbonyl (C=O) groups is 1. The largest absolute Gasteiger partial charge is 0.322 e. The monoisotopic (exact) mass is 539 g/mol. The van der Waals surface area contributed by atoms with Gasteiger partial charge in [-0.3, -0.25) is 4.79 Å². The van der Waals surface area contributed by atoms with Crippen molar-refractivity contribution in [2.24, 2.45) is 5.10 Å². The predicted octanol–water partition coefficient (Wildman–Crippen LogP) is 5.71. The van der Waals surface area contributed by atoms with Crippen LogP contribution in [-0.4, -0.2) is 20.0 Å². The molecule has 1 amide bonds. The normalized spacial score (nSPS) is 11.8. The van der Waals surface area contributed by atoms with Gasteiger partial charge in [-0.05, 0) is 67.1 Å². The molecule has 10 heteroatoms. The van der Waals surface area contributed by atoms with Gasteiger partial charge < -0.3 is 5.32 Å². The Balaban J connectivity index is 1.68. The minimum atomic E-state index is -3.78. The van der Waals surface area contributed by atoms with E-state index in [0.717, 1.165) is 4.47 Å². The van der Waals surface area contributed by atoms with Crippen LogP contribution in [0.25, 0.3) is 0 Å². The fraction of sp³-hybridized carbons (Fsp3) is 0.0476. The minimum absolute atomic E-state index is 0.103. The lowest BCUT2D eigenvalue weighted by Crippen LogP contribution is -2.20. The van der Waals surface area contributed by atoms with E-state index in [4.69, 9.17) is 23.2 Å². The number of amides is 1. The van der Waals surface area contributed by atoms with Crippen LogP contribution >= 0.6 is 39.1 Å². The number of halogens is 3. The van der Waals surface area contributed by atoms with Gasteiger partial charge in [-0.15, -0.1) is 0 Å². The van der Waals surface area contributed by atoms with E-state index >= 15 is 0 Å². The van der Waals surface area contributed by atoms with Crippen LogP contribution in [0.5, 0.6) is 0 Å². The molecule has 0 atom stereocenters. The van der Waals surface area contributed by atoms with Gasteiger partial charge in [0.05, 0.1) is 21.2 Å². The van der Waals surface area contributed by atoms with Gasteiger partial charge in [0.1, 0.15) is 0 Å². The van der Waals surface area contributed by atoms with Crippen LogP contribution < -0.4 is 10.1 Å². The van der Waals surface area contributed by atoms with Crippen molar-refractivity contribution in [3.63, 3.8) is 0 Å². The van der Waals surface area contributed by atoms with Crippen molar-refractivity contribution in [1.29, 1.82) is 0 Å². The number of benzene rings is 3. The van der Waals surface area contributed by atoms with Crippen LogP contribution in [0, 0.1) is 0 Å². The standard InChI is InChI=1S/C21H16BrCl2N3O3S/c1-13(26-27-31(29,30)18-9-4-15(22)5-10-18)14-2-7-17(8-3-14)25-21(28)19-11-6-16(23)12-20(19)24/h2-12,27H,1H3,(H,25,28). The molecule has 0 aliphatic carbocycles. The summed E-state index contributed by atoms with van der Waals surface area (Å²) >= 11 is 15.2. The lowest BCUT2D eigenvalue weighted by molar-refractivity contribution is 0.102. The van der Waals surface area contributed by atoms with Crippen LogP contribution in [0.4, 0.5) is 5.69 Å². The van der Waals surface area contributed by atoms with E-state index in [9.17, 15) is 13.2 Å². The second-order valence-electron chi connectivity index (χ2n) is 6.40. The van der Waals surface area contributed by atoms with Crippen molar-refractivity contribution in [3.8, 4) is 0 Å². The Morgan fingerprint density at radius 1 is 0.968 bits per heavy atom. The maximum atomic E-state index is 12.4. The molecule has 0 fully saturated rings. The fourth-order valence-electron chi connectivity index (χ4n) is 2.53. The Bertz CT molecular complexity index is 1250. The van der Waals surface area contributed by atoms with Crippen molar-refractivity contribution in [2.75, 3.05) is 5.32 Å². The Morgan fingerprint density at radius 2 is 1.61 bits per heavy atom. The highest BCUT2D eigenvalue weighted by Crippen LogP contribution is 2.22. The first-order valence-electron chi connectivity index (χ1n) is 8.84. The van der Waals surface area contributed by atoms with Gasteiger partial charge in [0.15, 0.2) is 0 Å². The van der Waals surface area contributed by atoms with Crippen molar-refractivity contribution >= 4 is 66.5 Å². The van der Waals surface area contributed by atoms with E-state index < -0.39 is 10.0 Å². The molecular weight excluding hydrogens is 525 g/mol. The number of nitrogens with one attached hydrogen (secondary N) is 2. The third-order valence-corrected chi connectivity index (χ3v) is 6.49. The summed E-state index contributed by atoms with van der Waals surface area (Å²) in [6.45, 7) is 1.67. The number of sulfonamides is 1. The molecule has 0 unspecified atom stereocenters. The smallest absolute Gasteiger partial charge is 0.276 e. The molecule has 0 aromatic heterocycles. The Morgan fingerprint density at radius 3 is 2.23 bits per heavy atom. The molecule has 0 bridgehead atoms. The number of anilines is 1. The zero-order chi connectivity index (χ0) is 22.6. The first-order chi connectivity index (χ1) is 14.7. The van der Waals surface area contributed by atoms with Gasteiger partial charge in [-0.2, -0.15) is 18.4 Å². The summed E-state index contributed by atoms with van der Waals surface area (Å²) in [5.41, 5.74) is 1.98. The molecule has 0 aliphatic rings. The molecule has 160 valence electrons. The summed E-state index contributed by atoms with van der Waals surface area (Å²) in [5, 5.41) is 7.41. The molecule has 6 nitrogen and oxygen atoms in total. The van der Waals surface area contributed by atoms with E-state index in [1.165, 1.54) is 18.2 Å². The van der Waals surface area contributed by atoms with Gasteiger partial charge in [0.2, 0.25) is 0 Å². The Kier molecular flexibility index (Phi) is 7.38. The lowest BCUT2D eigenvalue weighted by Gasteiger charge is -2.09. The number of hydrazone groups is 1. The summed E-state index contributed by atoms with van der Waals surface area (Å²) in [6, 6.07) is 17.6. The maximum absolute atomic E-state index is 12.4. The number of hydrogen-bond acceptors (Lipinski definition) is 4. The number of carbonyl (C=O) groups excluding carboxylic acids is 1. The molecule has 2 N–H and O–H groups in total. The predicted molar refractivity (Wildman–Crippen MR) is 128 cm³/mol. The highest BCUT2D eigenvalue weighted by atomic mass is 79.9. The van der Waals surface area contributed by atoms with Crippen molar-refractivity contribution in [2.45, 2.75) is 11.8 Å². The molecule has 0 saturated heterocycles. The molecule has 31 heavy (non-hydrogen) atoms. The van der Waals surface area contributed by atoms with Gasteiger partial charge in [0, 0.05) is 15.2 Å². The lowest BCUT2D eigenvalue weighted by atomic mass is 10.1. The molecule has 0 spiro atoms. The number of hydrogen-bond donors (Lipinski definition) is 2. The molecular formula is C21H16BrCl2N3O3S. The third-order valence-electron chi connectivity index (χ3n) is 4.19. The SMILES string of the molecule is CC(=NNS(=O)(=O)c1ccc(Br)cc1)c1ccc(NC(=O)c2ccc(Cl)cc2Cl)cc1. The van der Waals surface area contributed by atoms with E-state index in [1.807, 2.05) is 0 Å². The average molecular weight is 541 g/mol. The number of nitrogens with zero attached hydrogens (tertiary/aromatic N) is 1. The minimum Gasteiger partial charge on any atom is -0.322 e. The first kappa shape index (κ1) is 23.3. The van der Waals surface area contributed by atoms with E-state index in [2.05, 4.69) is 31.2 Å². The second kappa shape index (κ2) is 9.82. The Labute approximate surface area is 198 Å². The van der Waals surface area contributed by atoms with Crippen LogP contribution in [0.3, 0.4) is 0 Å². The summed E-state index contributed by atoms with van der Waals surface area (Å²) in [7, 11) is -3.78. The quantitative estimate of drug-likeness (QED) is 0.310. The van der Waals surface area contributed by atoms with Crippen molar-refractivity contribution in [1.82, 2.24) is 4.83 Å². The van der Waals surface area contributed by atoms with E-state index in [-0.39, 0.29) is 15.8 Å². The molecule has 0 heterocycles. The van der Waals surface area contributed by atoms with Crippen LogP contribution in [0.2, 0.25) is 10.0 Å². The Hall–Kier alpha value is -2.39. The van der Waals surface area contributed by atoms with E-state index in [0.29, 0.717) is 27.5 Å². The summed E-state index contributed by atoms with van der Waals surface area (Å²) in [5.74, 6) is -0.373. The van der Waals surface area contributed by atoms with Gasteiger partial charge in [-0.1, -0.05) is 51.3 Å². The van der Waals surface area contributed by atoms with Gasteiger partial charge >= 0.3 is 0 Å². The van der Waals surface area contributed by atoms with Crippen LogP contribution in [-0.2, 0) is 10.0 Å². The zero-order valence-corrected chi connectivity index (χ0v) is 20.0. The summed E-state index contributed by atoms with van der Waals surface area (Å²) < 4.78 is 25.5. The third kappa shape index (κ3) is 6.07. The van der Waals surface area contributed by atoms with Crippen LogP contribution in [0.15, 0.2) is 81.2 Å². The highest BCUT2D eigenvalue weighted by Gasteiger charge is 2.13. The second-order valence-corrected chi connectivity index (χ2v) is 9.82.